The summed E-state index contributed by atoms with van der Waals surface area (Å²) in [7, 11) is 0. The zero-order valence-corrected chi connectivity index (χ0v) is 10.2. The Balaban J connectivity index is 0.000000213. The van der Waals surface area contributed by atoms with E-state index in [-0.39, 0.29) is 5.97 Å². The van der Waals surface area contributed by atoms with E-state index in [9.17, 15) is 4.79 Å². The minimum absolute atomic E-state index is 0.294. The van der Waals surface area contributed by atoms with Gasteiger partial charge >= 0.3 is 5.97 Å². The van der Waals surface area contributed by atoms with E-state index in [0.29, 0.717) is 16.3 Å². The molecule has 1 aliphatic heterocycles. The predicted molar refractivity (Wildman–Crippen MR) is 63.9 cm³/mol. The summed E-state index contributed by atoms with van der Waals surface area (Å²) in [4.78, 5) is 10.6. The molecule has 0 spiro atoms. The van der Waals surface area contributed by atoms with Gasteiger partial charge in [-0.05, 0) is 23.0 Å². The number of hydrogen-bond donors (Lipinski definition) is 0. The van der Waals surface area contributed by atoms with Crippen molar-refractivity contribution in [2.75, 3.05) is 0 Å². The van der Waals surface area contributed by atoms with Crippen molar-refractivity contribution in [3.63, 3.8) is 0 Å². The first-order chi connectivity index (χ1) is 6.70. The fourth-order valence-corrected chi connectivity index (χ4v) is 1.09. The first-order valence-electron chi connectivity index (χ1n) is 3.73. The molecule has 0 amide bonds. The molecule has 72 valence electrons. The minimum Gasteiger partial charge on any atom is -0.420 e. The summed E-state index contributed by atoms with van der Waals surface area (Å²) in [5.41, 5.74) is 0.576. The molecule has 1 aromatic carbocycles. The highest BCUT2D eigenvalue weighted by atomic mass is 127. The van der Waals surface area contributed by atoms with Crippen LogP contribution >= 0.6 is 34.2 Å². The summed E-state index contributed by atoms with van der Waals surface area (Å²) >= 11 is 7.64. The maximum atomic E-state index is 10.6. The van der Waals surface area contributed by atoms with Crippen molar-refractivity contribution in [2.45, 2.75) is 6.92 Å². The summed E-state index contributed by atoms with van der Waals surface area (Å²) in [5.74, 6) is 2.88. The van der Waals surface area contributed by atoms with E-state index in [1.165, 1.54) is 0 Å². The van der Waals surface area contributed by atoms with Crippen LogP contribution in [-0.4, -0.2) is 5.97 Å². The molecule has 0 N–H and O–H groups in total. The zero-order valence-electron chi connectivity index (χ0n) is 7.30. The van der Waals surface area contributed by atoms with Crippen LogP contribution in [0.15, 0.2) is 18.2 Å². The Labute approximate surface area is 101 Å². The number of hydrogen-bond acceptors (Lipinski definition) is 2. The van der Waals surface area contributed by atoms with Crippen LogP contribution in [0.2, 0.25) is 5.02 Å². The molecule has 0 saturated carbocycles. The number of esters is 1. The molecule has 0 saturated heterocycles. The molecule has 0 aliphatic carbocycles. The summed E-state index contributed by atoms with van der Waals surface area (Å²) in [5, 5.41) is 0.497. The molecule has 2 nitrogen and oxygen atoms in total. The lowest BCUT2D eigenvalue weighted by Crippen LogP contribution is -2.20. The summed E-state index contributed by atoms with van der Waals surface area (Å²) < 4.78 is 7.30. The molecule has 1 aliphatic rings. The van der Waals surface area contributed by atoms with Crippen molar-refractivity contribution in [3.05, 3.63) is 28.8 Å². The van der Waals surface area contributed by atoms with E-state index in [4.69, 9.17) is 11.6 Å². The highest BCUT2D eigenvalue weighted by Gasteiger charge is 2.27. The minimum atomic E-state index is -0.294. The Kier molecular flexibility index (Phi) is 4.23. The molecule has 2 rings (SSSR count). The van der Waals surface area contributed by atoms with Crippen molar-refractivity contribution in [2.24, 2.45) is 0 Å². The van der Waals surface area contributed by atoms with Gasteiger partial charge in [0, 0.05) is 22.6 Å². The molecular formula is C10H6ClIO2. The van der Waals surface area contributed by atoms with Crippen molar-refractivity contribution in [1.82, 2.24) is 0 Å². The standard InChI is InChI=1S/C7H3ClO2.C3H3I/c8-5-3-1-2-4-6(5)10-7(4)9;1-2-3-4/h1-3H;1H3. The Morgan fingerprint density at radius 3 is 2.57 bits per heavy atom. The van der Waals surface area contributed by atoms with Crippen molar-refractivity contribution >= 4 is 40.2 Å². The van der Waals surface area contributed by atoms with Crippen LogP contribution < -0.4 is 4.74 Å². The maximum absolute atomic E-state index is 10.6. The van der Waals surface area contributed by atoms with Gasteiger partial charge in [-0.2, -0.15) is 0 Å². The van der Waals surface area contributed by atoms with Gasteiger partial charge in [-0.1, -0.05) is 23.6 Å². The molecule has 14 heavy (non-hydrogen) atoms. The number of benzene rings is 1. The number of halogens is 2. The van der Waals surface area contributed by atoms with Gasteiger partial charge in [0.2, 0.25) is 0 Å². The molecule has 0 bridgehead atoms. The lowest BCUT2D eigenvalue weighted by molar-refractivity contribution is 0.0659. The molecule has 0 atom stereocenters. The molecule has 0 fully saturated rings. The smallest absolute Gasteiger partial charge is 0.347 e. The van der Waals surface area contributed by atoms with Gasteiger partial charge in [-0.15, -0.1) is 0 Å². The summed E-state index contributed by atoms with van der Waals surface area (Å²) in [6.07, 6.45) is 0. The summed E-state index contributed by atoms with van der Waals surface area (Å²) in [6, 6.07) is 5.10. The molecular weight excluding hydrogens is 314 g/mol. The average molecular weight is 321 g/mol. The lowest BCUT2D eigenvalue weighted by atomic mass is 10.1. The number of para-hydroxylation sites is 1. The van der Waals surface area contributed by atoms with Crippen LogP contribution in [-0.2, 0) is 0 Å². The van der Waals surface area contributed by atoms with Gasteiger partial charge in [-0.3, -0.25) is 0 Å². The van der Waals surface area contributed by atoms with Gasteiger partial charge < -0.3 is 4.74 Å². The first kappa shape index (κ1) is 11.3. The van der Waals surface area contributed by atoms with Gasteiger partial charge in [0.05, 0.1) is 5.02 Å². The number of carbonyl (C=O) groups excluding carboxylic acids is 1. The largest absolute Gasteiger partial charge is 0.420 e. The van der Waals surface area contributed by atoms with Crippen molar-refractivity contribution in [3.8, 4) is 15.6 Å². The van der Waals surface area contributed by atoms with Gasteiger partial charge in [-0.25, -0.2) is 4.79 Å². The van der Waals surface area contributed by atoms with Gasteiger partial charge in [0.25, 0.3) is 0 Å². The van der Waals surface area contributed by atoms with Crippen molar-refractivity contribution < 1.29 is 9.53 Å². The summed E-state index contributed by atoms with van der Waals surface area (Å²) in [6.45, 7) is 1.81. The van der Waals surface area contributed by atoms with Crippen LogP contribution in [0.3, 0.4) is 0 Å². The van der Waals surface area contributed by atoms with E-state index in [2.05, 4.69) is 14.6 Å². The van der Waals surface area contributed by atoms with E-state index in [0.717, 1.165) is 0 Å². The Hall–Kier alpha value is -0.730. The van der Waals surface area contributed by atoms with Crippen LogP contribution in [0, 0.1) is 9.85 Å². The highest BCUT2D eigenvalue weighted by Crippen LogP contribution is 2.35. The third kappa shape index (κ3) is 2.40. The van der Waals surface area contributed by atoms with Crippen LogP contribution in [0.5, 0.6) is 5.75 Å². The first-order valence-corrected chi connectivity index (χ1v) is 5.19. The third-order valence-corrected chi connectivity index (χ3v) is 2.31. The molecule has 1 heterocycles. The van der Waals surface area contributed by atoms with Crippen LogP contribution in [0.1, 0.15) is 17.3 Å². The normalized spacial score (nSPS) is 10.6. The predicted octanol–water partition coefficient (Wildman–Crippen LogP) is 3.27. The number of carbonyl (C=O) groups is 1. The molecule has 4 heteroatoms. The number of rotatable bonds is 0. The highest BCUT2D eigenvalue weighted by molar-refractivity contribution is 14.1. The topological polar surface area (TPSA) is 26.3 Å². The van der Waals surface area contributed by atoms with E-state index in [1.807, 2.05) is 29.5 Å². The molecule has 1 aromatic rings. The number of ether oxygens (including phenoxy) is 1. The quantitative estimate of drug-likeness (QED) is 0.417. The fraction of sp³-hybridized carbons (Fsp3) is 0.100. The second kappa shape index (κ2) is 5.23. The zero-order chi connectivity index (χ0) is 10.6. The molecule has 0 radical (unpaired) electrons. The second-order valence-electron chi connectivity index (χ2n) is 2.35. The lowest BCUT2D eigenvalue weighted by Gasteiger charge is -2.17. The SMILES string of the molecule is CC#CI.O=C1Oc2c(Cl)cccc21. The Bertz CT molecular complexity index is 412. The van der Waals surface area contributed by atoms with Crippen molar-refractivity contribution in [1.29, 1.82) is 0 Å². The van der Waals surface area contributed by atoms with E-state index < -0.39 is 0 Å². The van der Waals surface area contributed by atoms with Gasteiger partial charge in [0.1, 0.15) is 5.56 Å². The van der Waals surface area contributed by atoms with E-state index >= 15 is 0 Å². The second-order valence-corrected chi connectivity index (χ2v) is 3.30. The van der Waals surface area contributed by atoms with E-state index in [1.54, 1.807) is 18.2 Å². The van der Waals surface area contributed by atoms with Gasteiger partial charge in [0.15, 0.2) is 5.75 Å². The Morgan fingerprint density at radius 1 is 1.50 bits per heavy atom. The van der Waals surface area contributed by atoms with Crippen LogP contribution in [0.4, 0.5) is 0 Å². The van der Waals surface area contributed by atoms with Crippen LogP contribution in [0.25, 0.3) is 0 Å². The maximum Gasteiger partial charge on any atom is 0.347 e. The average Bonchev–Trinajstić information content (AvgIpc) is 2.20. The monoisotopic (exact) mass is 320 g/mol. The molecule has 0 unspecified atom stereocenters. The third-order valence-electron chi connectivity index (χ3n) is 1.48. The fourth-order valence-electron chi connectivity index (χ4n) is 0.875. The molecule has 0 aromatic heterocycles. The Morgan fingerprint density at radius 2 is 2.14 bits per heavy atom. The number of fused-ring (bicyclic) bond motifs is 1.